The molecule has 2 atom stereocenters. The van der Waals surface area contributed by atoms with Crippen LogP contribution >= 0.6 is 11.3 Å². The molecular weight excluding hydrogens is 258 g/mol. The molecule has 0 saturated carbocycles. The molecule has 2 heterocycles. The van der Waals surface area contributed by atoms with Crippen LogP contribution in [0.3, 0.4) is 0 Å². The SMILES string of the molecule is Cc1nc2c(s1)C(NC1CCC(=O)N(C)C1)CCC2. The summed E-state index contributed by atoms with van der Waals surface area (Å²) in [6.07, 6.45) is 5.18. The van der Waals surface area contributed by atoms with Crippen LogP contribution in [0.15, 0.2) is 0 Å². The second-order valence-corrected chi connectivity index (χ2v) is 6.90. The van der Waals surface area contributed by atoms with Gasteiger partial charge in [0.05, 0.1) is 10.7 Å². The van der Waals surface area contributed by atoms with Gasteiger partial charge >= 0.3 is 0 Å². The van der Waals surface area contributed by atoms with Gasteiger partial charge in [-0.15, -0.1) is 11.3 Å². The molecular formula is C14H21N3OS. The van der Waals surface area contributed by atoms with Crippen molar-refractivity contribution in [3.05, 3.63) is 15.6 Å². The van der Waals surface area contributed by atoms with Crippen LogP contribution in [-0.4, -0.2) is 35.4 Å². The van der Waals surface area contributed by atoms with Gasteiger partial charge < -0.3 is 10.2 Å². The highest BCUT2D eigenvalue weighted by molar-refractivity contribution is 7.11. The lowest BCUT2D eigenvalue weighted by Crippen LogP contribution is -2.47. The molecule has 1 amide bonds. The van der Waals surface area contributed by atoms with Crippen molar-refractivity contribution >= 4 is 17.2 Å². The zero-order chi connectivity index (χ0) is 13.4. The molecule has 0 spiro atoms. The lowest BCUT2D eigenvalue weighted by atomic mass is 9.96. The van der Waals surface area contributed by atoms with E-state index in [0.717, 1.165) is 19.4 Å². The fraction of sp³-hybridized carbons (Fsp3) is 0.714. The predicted molar refractivity (Wildman–Crippen MR) is 76.3 cm³/mol. The van der Waals surface area contributed by atoms with E-state index in [9.17, 15) is 4.79 Å². The van der Waals surface area contributed by atoms with Crippen LogP contribution in [0.5, 0.6) is 0 Å². The summed E-state index contributed by atoms with van der Waals surface area (Å²) in [6.45, 7) is 2.93. The smallest absolute Gasteiger partial charge is 0.222 e. The van der Waals surface area contributed by atoms with E-state index in [1.165, 1.54) is 28.4 Å². The van der Waals surface area contributed by atoms with Crippen molar-refractivity contribution in [2.24, 2.45) is 0 Å². The Bertz CT molecular complexity index is 485. The van der Waals surface area contributed by atoms with E-state index >= 15 is 0 Å². The van der Waals surface area contributed by atoms with Gasteiger partial charge in [0.2, 0.25) is 5.91 Å². The second-order valence-electron chi connectivity index (χ2n) is 5.67. The molecule has 0 radical (unpaired) electrons. The summed E-state index contributed by atoms with van der Waals surface area (Å²) >= 11 is 1.83. The third-order valence-electron chi connectivity index (χ3n) is 4.12. The Morgan fingerprint density at radius 2 is 2.21 bits per heavy atom. The molecule has 3 rings (SSSR count). The molecule has 1 aromatic heterocycles. The maximum Gasteiger partial charge on any atom is 0.222 e. The number of hydrogen-bond donors (Lipinski definition) is 1. The number of piperidine rings is 1. The molecule has 4 nitrogen and oxygen atoms in total. The Hall–Kier alpha value is -0.940. The molecule has 5 heteroatoms. The van der Waals surface area contributed by atoms with Crippen LogP contribution in [0.2, 0.25) is 0 Å². The highest BCUT2D eigenvalue weighted by Crippen LogP contribution is 2.34. The minimum atomic E-state index is 0.274. The molecule has 1 aliphatic carbocycles. The monoisotopic (exact) mass is 279 g/mol. The molecule has 0 aromatic carbocycles. The van der Waals surface area contributed by atoms with E-state index in [0.29, 0.717) is 18.5 Å². The van der Waals surface area contributed by atoms with E-state index < -0.39 is 0 Å². The predicted octanol–water partition coefficient (Wildman–Crippen LogP) is 2.04. The molecule has 1 fully saturated rings. The molecule has 2 unspecified atom stereocenters. The number of likely N-dealkylation sites (N-methyl/N-ethyl adjacent to an activating group) is 1. The summed E-state index contributed by atoms with van der Waals surface area (Å²) in [7, 11) is 1.90. The van der Waals surface area contributed by atoms with Crippen LogP contribution in [0.1, 0.15) is 47.3 Å². The quantitative estimate of drug-likeness (QED) is 0.901. The largest absolute Gasteiger partial charge is 0.344 e. The zero-order valence-electron chi connectivity index (χ0n) is 11.6. The summed E-state index contributed by atoms with van der Waals surface area (Å²) < 4.78 is 0. The highest BCUT2D eigenvalue weighted by Gasteiger charge is 2.29. The van der Waals surface area contributed by atoms with Gasteiger partial charge in [-0.1, -0.05) is 0 Å². The van der Waals surface area contributed by atoms with Gasteiger partial charge in [-0.2, -0.15) is 0 Å². The standard InChI is InChI=1S/C14H21N3OS/c1-9-15-11-4-3-5-12(14(11)19-9)16-10-6-7-13(18)17(2)8-10/h10,12,16H,3-8H2,1-2H3. The molecule has 1 aromatic rings. The average molecular weight is 279 g/mol. The Labute approximate surface area is 118 Å². The van der Waals surface area contributed by atoms with E-state index in [-0.39, 0.29) is 5.91 Å². The second kappa shape index (κ2) is 5.21. The topological polar surface area (TPSA) is 45.2 Å². The Kier molecular flexibility index (Phi) is 3.58. The van der Waals surface area contributed by atoms with Gasteiger partial charge in [-0.3, -0.25) is 4.79 Å². The van der Waals surface area contributed by atoms with Crippen molar-refractivity contribution in [3.63, 3.8) is 0 Å². The summed E-state index contributed by atoms with van der Waals surface area (Å²) in [6, 6.07) is 0.877. The maximum absolute atomic E-state index is 11.5. The first-order chi connectivity index (χ1) is 9.13. The zero-order valence-corrected chi connectivity index (χ0v) is 12.4. The van der Waals surface area contributed by atoms with Gasteiger partial charge in [0.15, 0.2) is 0 Å². The van der Waals surface area contributed by atoms with E-state index in [4.69, 9.17) is 0 Å². The first kappa shape index (κ1) is 13.1. The number of aryl methyl sites for hydroxylation is 2. The first-order valence-electron chi connectivity index (χ1n) is 7.09. The third kappa shape index (κ3) is 2.67. The van der Waals surface area contributed by atoms with Crippen molar-refractivity contribution < 1.29 is 4.79 Å². The van der Waals surface area contributed by atoms with Gasteiger partial charge in [-0.05, 0) is 32.6 Å². The number of rotatable bonds is 2. The van der Waals surface area contributed by atoms with Crippen LogP contribution in [0, 0.1) is 6.92 Å². The van der Waals surface area contributed by atoms with Gasteiger partial charge in [-0.25, -0.2) is 4.98 Å². The molecule has 1 N–H and O–H groups in total. The number of nitrogens with one attached hydrogen (secondary N) is 1. The van der Waals surface area contributed by atoms with Crippen LogP contribution < -0.4 is 5.32 Å². The average Bonchev–Trinajstić information content (AvgIpc) is 2.75. The first-order valence-corrected chi connectivity index (χ1v) is 7.91. The maximum atomic E-state index is 11.5. The van der Waals surface area contributed by atoms with Crippen molar-refractivity contribution in [2.75, 3.05) is 13.6 Å². The van der Waals surface area contributed by atoms with E-state index in [1.54, 1.807) is 0 Å². The minimum absolute atomic E-state index is 0.274. The number of amides is 1. The van der Waals surface area contributed by atoms with Gasteiger partial charge in [0, 0.05) is 37.0 Å². The number of fused-ring (bicyclic) bond motifs is 1. The third-order valence-corrected chi connectivity index (χ3v) is 5.25. The van der Waals surface area contributed by atoms with Crippen LogP contribution in [-0.2, 0) is 11.2 Å². The number of carbonyl (C=O) groups excluding carboxylic acids is 1. The lowest BCUT2D eigenvalue weighted by molar-refractivity contribution is -0.132. The van der Waals surface area contributed by atoms with E-state index in [1.807, 2.05) is 23.3 Å². The molecule has 2 aliphatic rings. The molecule has 1 saturated heterocycles. The van der Waals surface area contributed by atoms with Gasteiger partial charge in [0.1, 0.15) is 0 Å². The van der Waals surface area contributed by atoms with Crippen molar-refractivity contribution in [2.45, 2.75) is 51.1 Å². The van der Waals surface area contributed by atoms with E-state index in [2.05, 4.69) is 17.2 Å². The summed E-state index contributed by atoms with van der Waals surface area (Å²) in [5, 5.41) is 4.93. The number of thiazole rings is 1. The Morgan fingerprint density at radius 3 is 3.00 bits per heavy atom. The molecule has 0 bridgehead atoms. The highest BCUT2D eigenvalue weighted by atomic mass is 32.1. The lowest BCUT2D eigenvalue weighted by Gasteiger charge is -2.34. The van der Waals surface area contributed by atoms with Gasteiger partial charge in [0.25, 0.3) is 0 Å². The number of aromatic nitrogens is 1. The summed E-state index contributed by atoms with van der Waals surface area (Å²) in [5.74, 6) is 0.274. The number of nitrogens with zero attached hydrogens (tertiary/aromatic N) is 2. The molecule has 104 valence electrons. The van der Waals surface area contributed by atoms with Crippen molar-refractivity contribution in [1.29, 1.82) is 0 Å². The molecule has 1 aliphatic heterocycles. The van der Waals surface area contributed by atoms with Crippen LogP contribution in [0.25, 0.3) is 0 Å². The fourth-order valence-corrected chi connectivity index (χ4v) is 4.20. The summed E-state index contributed by atoms with van der Waals surface area (Å²) in [5.41, 5.74) is 1.30. The fourth-order valence-electron chi connectivity index (χ4n) is 3.13. The minimum Gasteiger partial charge on any atom is -0.344 e. The Morgan fingerprint density at radius 1 is 1.37 bits per heavy atom. The molecule has 19 heavy (non-hydrogen) atoms. The number of hydrogen-bond acceptors (Lipinski definition) is 4. The van der Waals surface area contributed by atoms with Crippen LogP contribution in [0.4, 0.5) is 0 Å². The summed E-state index contributed by atoms with van der Waals surface area (Å²) in [4.78, 5) is 19.4. The van der Waals surface area contributed by atoms with Crippen molar-refractivity contribution in [1.82, 2.24) is 15.2 Å². The number of likely N-dealkylation sites (tertiary alicyclic amines) is 1. The Balaban J connectivity index is 1.69. The normalized spacial score (nSPS) is 27.5. The number of carbonyl (C=O) groups is 1. The van der Waals surface area contributed by atoms with Crippen molar-refractivity contribution in [3.8, 4) is 0 Å².